The van der Waals surface area contributed by atoms with Crippen molar-refractivity contribution in [2.75, 3.05) is 26.1 Å². The van der Waals surface area contributed by atoms with Crippen LogP contribution < -0.4 is 20.5 Å². The Labute approximate surface area is 282 Å². The van der Waals surface area contributed by atoms with E-state index in [2.05, 4.69) is 10.3 Å². The van der Waals surface area contributed by atoms with Crippen LogP contribution in [0.5, 0.6) is 11.5 Å². The molecule has 13 heteroatoms. The van der Waals surface area contributed by atoms with Crippen LogP contribution in [0.4, 0.5) is 5.82 Å². The van der Waals surface area contributed by atoms with Crippen LogP contribution in [0.2, 0.25) is 0 Å². The summed E-state index contributed by atoms with van der Waals surface area (Å²) in [4.78, 5) is 52.3. The first-order valence-electron chi connectivity index (χ1n) is 15.5. The number of rotatable bonds is 14. The first-order valence-corrected chi connectivity index (χ1v) is 15.5. The molecule has 1 amide bonds. The first-order chi connectivity index (χ1) is 23.6. The highest BCUT2D eigenvalue weighted by molar-refractivity contribution is 5.87. The lowest BCUT2D eigenvalue weighted by Gasteiger charge is -2.37. The molecule has 0 unspecified atom stereocenters. The minimum Gasteiger partial charge on any atom is -0.497 e. The molecule has 2 heterocycles. The maximum Gasteiger partial charge on any atom is 0.351 e. The number of nitrogens with one attached hydrogen (secondary N) is 1. The van der Waals surface area contributed by atoms with Crippen molar-refractivity contribution in [3.63, 3.8) is 0 Å². The molecule has 49 heavy (non-hydrogen) atoms. The molecule has 0 radical (unpaired) electrons. The number of hydrogen-bond acceptors (Lipinski definition) is 10. The summed E-state index contributed by atoms with van der Waals surface area (Å²) in [6, 6.07) is 26.0. The van der Waals surface area contributed by atoms with Gasteiger partial charge in [0.25, 0.3) is 0 Å². The fourth-order valence-corrected chi connectivity index (χ4v) is 5.75. The van der Waals surface area contributed by atoms with Gasteiger partial charge in [-0.05, 0) is 47.0 Å². The Balaban J connectivity index is 1.53. The molecule has 3 aromatic carbocycles. The smallest absolute Gasteiger partial charge is 0.351 e. The van der Waals surface area contributed by atoms with E-state index in [9.17, 15) is 19.2 Å². The topological polar surface area (TPSA) is 165 Å². The summed E-state index contributed by atoms with van der Waals surface area (Å²) >= 11 is 0. The van der Waals surface area contributed by atoms with Crippen molar-refractivity contribution in [3.8, 4) is 11.5 Å². The molecule has 1 saturated heterocycles. The van der Waals surface area contributed by atoms with E-state index in [1.807, 2.05) is 78.9 Å². The molecule has 3 atom stereocenters. The summed E-state index contributed by atoms with van der Waals surface area (Å²) in [5.74, 6) is -0.870. The highest BCUT2D eigenvalue weighted by Gasteiger charge is 2.44. The number of anilines is 1. The van der Waals surface area contributed by atoms with E-state index in [4.69, 9.17) is 28.8 Å². The number of aromatic nitrogens is 2. The van der Waals surface area contributed by atoms with Crippen molar-refractivity contribution in [2.45, 2.75) is 50.2 Å². The van der Waals surface area contributed by atoms with Crippen LogP contribution in [0.15, 0.2) is 95.9 Å². The van der Waals surface area contributed by atoms with Gasteiger partial charge in [0, 0.05) is 19.5 Å². The van der Waals surface area contributed by atoms with Gasteiger partial charge < -0.3 is 34.1 Å². The number of methoxy groups -OCH3 is 2. The molecular formula is C36H37N3O10. The number of aliphatic carboxylic acids is 1. The predicted octanol–water partition coefficient (Wildman–Crippen LogP) is 4.29. The third-order valence-electron chi connectivity index (χ3n) is 8.09. The minimum absolute atomic E-state index is 0.0529. The van der Waals surface area contributed by atoms with Gasteiger partial charge in [-0.1, -0.05) is 54.6 Å². The molecule has 1 fully saturated rings. The highest BCUT2D eigenvalue weighted by Crippen LogP contribution is 2.43. The second-order valence-electron chi connectivity index (χ2n) is 11.3. The number of carboxylic acids is 1. The van der Waals surface area contributed by atoms with E-state index in [-0.39, 0.29) is 31.2 Å². The van der Waals surface area contributed by atoms with E-state index < -0.39 is 48.1 Å². The van der Waals surface area contributed by atoms with Crippen molar-refractivity contribution in [1.82, 2.24) is 9.55 Å². The van der Waals surface area contributed by atoms with E-state index in [1.54, 1.807) is 14.2 Å². The highest BCUT2D eigenvalue weighted by atomic mass is 16.6. The van der Waals surface area contributed by atoms with Gasteiger partial charge in [0.2, 0.25) is 5.91 Å². The number of carbonyl (C=O) groups excluding carboxylic acids is 2. The fourth-order valence-electron chi connectivity index (χ4n) is 5.75. The predicted molar refractivity (Wildman–Crippen MR) is 176 cm³/mol. The number of hydrogen-bond donors (Lipinski definition) is 2. The normalized spacial score (nSPS) is 17.2. The number of esters is 1. The molecule has 1 aliphatic rings. The second-order valence-corrected chi connectivity index (χ2v) is 11.3. The summed E-state index contributed by atoms with van der Waals surface area (Å²) in [5, 5.41) is 11.6. The Kier molecular flexibility index (Phi) is 11.1. The lowest BCUT2D eigenvalue weighted by molar-refractivity contribution is -0.157. The molecule has 1 aromatic heterocycles. The monoisotopic (exact) mass is 671 g/mol. The molecule has 2 N–H and O–H groups in total. The average molecular weight is 672 g/mol. The summed E-state index contributed by atoms with van der Waals surface area (Å²) in [6.45, 7) is 1.18. The summed E-state index contributed by atoms with van der Waals surface area (Å²) in [7, 11) is 3.17. The van der Waals surface area contributed by atoms with Crippen molar-refractivity contribution in [2.24, 2.45) is 0 Å². The van der Waals surface area contributed by atoms with E-state index in [0.29, 0.717) is 11.5 Å². The minimum atomic E-state index is -1.21. The van der Waals surface area contributed by atoms with E-state index in [1.165, 1.54) is 23.8 Å². The quantitative estimate of drug-likeness (QED) is 0.145. The molecule has 1 aliphatic heterocycles. The number of benzene rings is 3. The van der Waals surface area contributed by atoms with Crippen LogP contribution in [0.3, 0.4) is 0 Å². The fraction of sp³-hybridized carbons (Fsp3) is 0.306. The molecular weight excluding hydrogens is 634 g/mol. The van der Waals surface area contributed by atoms with E-state index in [0.717, 1.165) is 16.7 Å². The molecule has 4 aromatic rings. The van der Waals surface area contributed by atoms with Crippen molar-refractivity contribution >= 4 is 23.7 Å². The molecule has 5 rings (SSSR count). The molecule has 0 saturated carbocycles. The summed E-state index contributed by atoms with van der Waals surface area (Å²) in [5.41, 5.74) is 0.427. The number of ether oxygens (including phenoxy) is 5. The Hall–Kier alpha value is -5.53. The number of nitrogens with zero attached hydrogens (tertiary/aromatic N) is 2. The maximum absolute atomic E-state index is 13.0. The lowest BCUT2D eigenvalue weighted by atomic mass is 9.80. The van der Waals surface area contributed by atoms with Gasteiger partial charge in [-0.15, -0.1) is 0 Å². The zero-order valence-corrected chi connectivity index (χ0v) is 27.2. The average Bonchev–Trinajstić information content (AvgIpc) is 3.50. The number of carbonyl (C=O) groups is 3. The summed E-state index contributed by atoms with van der Waals surface area (Å²) < 4.78 is 31.1. The largest absolute Gasteiger partial charge is 0.497 e. The van der Waals surface area contributed by atoms with Gasteiger partial charge in [-0.2, -0.15) is 4.98 Å². The van der Waals surface area contributed by atoms with Crippen LogP contribution in [-0.4, -0.2) is 65.5 Å². The van der Waals surface area contributed by atoms with Gasteiger partial charge in [-0.3, -0.25) is 19.0 Å². The van der Waals surface area contributed by atoms with Gasteiger partial charge in [0.15, 0.2) is 0 Å². The maximum atomic E-state index is 13.0. The zero-order valence-electron chi connectivity index (χ0n) is 27.2. The first kappa shape index (κ1) is 34.8. The molecule has 13 nitrogen and oxygen atoms in total. The van der Waals surface area contributed by atoms with Gasteiger partial charge in [0.1, 0.15) is 41.4 Å². The van der Waals surface area contributed by atoms with Crippen LogP contribution in [0, 0.1) is 0 Å². The van der Waals surface area contributed by atoms with Crippen molar-refractivity contribution in [1.29, 1.82) is 0 Å². The molecule has 0 aliphatic carbocycles. The van der Waals surface area contributed by atoms with Gasteiger partial charge in [-0.25, -0.2) is 4.79 Å². The van der Waals surface area contributed by atoms with Gasteiger partial charge >= 0.3 is 17.6 Å². The standard InChI is InChI=1S/C36H37N3O10/c1-23(40)37-31-19-20-39(35(44)38-31)32-21-29(49-34(43)18-17-33(41)42)30(48-32)22-47-36(24-7-5-4-6-8-24,25-9-13-27(45-2)14-10-25)26-11-15-28(46-3)16-12-26/h4-16,19-20,29-30,32H,17-18,21-22H2,1-3H3,(H,41,42)(H,37,38,40,44)/t29-,30-,32-/m1/s1. The summed E-state index contributed by atoms with van der Waals surface area (Å²) in [6.07, 6.45) is -1.98. The third-order valence-corrected chi connectivity index (χ3v) is 8.09. The van der Waals surface area contributed by atoms with Crippen molar-refractivity contribution < 1.29 is 43.2 Å². The van der Waals surface area contributed by atoms with Crippen molar-refractivity contribution in [3.05, 3.63) is 118 Å². The van der Waals surface area contributed by atoms with Crippen LogP contribution >= 0.6 is 0 Å². The van der Waals surface area contributed by atoms with Crippen LogP contribution in [-0.2, 0) is 34.2 Å². The Morgan fingerprint density at radius 2 is 1.49 bits per heavy atom. The van der Waals surface area contributed by atoms with Crippen LogP contribution in [0.1, 0.15) is 49.1 Å². The number of amides is 1. The number of carboxylic acid groups (broad SMARTS) is 1. The Morgan fingerprint density at radius 1 is 0.898 bits per heavy atom. The molecule has 0 bridgehead atoms. The molecule has 0 spiro atoms. The Bertz CT molecular complexity index is 1760. The van der Waals surface area contributed by atoms with E-state index >= 15 is 0 Å². The van der Waals surface area contributed by atoms with Gasteiger partial charge in [0.05, 0.1) is 33.7 Å². The van der Waals surface area contributed by atoms with Crippen LogP contribution in [0.25, 0.3) is 0 Å². The Morgan fingerprint density at radius 3 is 2.02 bits per heavy atom. The lowest BCUT2D eigenvalue weighted by Crippen LogP contribution is -2.39. The zero-order chi connectivity index (χ0) is 35.0. The second kappa shape index (κ2) is 15.6. The third kappa shape index (κ3) is 8.13. The SMILES string of the molecule is COc1ccc(C(OC[C@H]2O[C@@H](n3ccc(NC(C)=O)nc3=O)C[C@H]2OC(=O)CCC(=O)O)(c2ccccc2)c2ccc(OC)cc2)cc1. The molecule has 256 valence electrons.